The fourth-order valence-corrected chi connectivity index (χ4v) is 3.00. The van der Waals surface area contributed by atoms with E-state index in [-0.39, 0.29) is 6.10 Å². The third kappa shape index (κ3) is 3.37. The molecule has 1 atom stereocenters. The summed E-state index contributed by atoms with van der Waals surface area (Å²) in [5, 5.41) is 3.89. The van der Waals surface area contributed by atoms with Crippen LogP contribution in [-0.4, -0.2) is 36.9 Å². The molecule has 3 saturated heterocycles. The van der Waals surface area contributed by atoms with Gasteiger partial charge < -0.3 is 4.84 Å². The van der Waals surface area contributed by atoms with Crippen LogP contribution < -0.4 is 0 Å². The lowest BCUT2D eigenvalue weighted by molar-refractivity contribution is -0.137. The average molecular weight is 298 g/mol. The van der Waals surface area contributed by atoms with E-state index in [4.69, 9.17) is 4.84 Å². The minimum Gasteiger partial charge on any atom is -0.391 e. The molecule has 1 unspecified atom stereocenters. The zero-order valence-corrected chi connectivity index (χ0v) is 11.5. The largest absolute Gasteiger partial charge is 0.416 e. The molecule has 6 heteroatoms. The first-order valence-corrected chi connectivity index (χ1v) is 7.11. The van der Waals surface area contributed by atoms with E-state index >= 15 is 0 Å². The summed E-state index contributed by atoms with van der Waals surface area (Å²) in [5.74, 6) is 0.522. The summed E-state index contributed by atoms with van der Waals surface area (Å²) < 4.78 is 37.8. The highest BCUT2D eigenvalue weighted by Crippen LogP contribution is 2.30. The Balaban J connectivity index is 1.61. The van der Waals surface area contributed by atoms with Crippen molar-refractivity contribution in [2.75, 3.05) is 19.6 Å². The Morgan fingerprint density at radius 1 is 1.24 bits per heavy atom. The number of fused-ring (bicyclic) bond motifs is 3. The Labute approximate surface area is 121 Å². The fourth-order valence-electron chi connectivity index (χ4n) is 3.00. The number of halogens is 3. The molecule has 0 aromatic heterocycles. The third-order valence-electron chi connectivity index (χ3n) is 4.21. The highest BCUT2D eigenvalue weighted by molar-refractivity contribution is 5.79. The van der Waals surface area contributed by atoms with E-state index in [2.05, 4.69) is 10.1 Å². The number of benzene rings is 1. The molecule has 1 aromatic rings. The Bertz CT molecular complexity index is 522. The van der Waals surface area contributed by atoms with Crippen LogP contribution in [0.4, 0.5) is 13.2 Å². The molecular formula is C15H17F3N2O. The first-order chi connectivity index (χ1) is 10.0. The number of rotatable bonds is 3. The van der Waals surface area contributed by atoms with Crippen molar-refractivity contribution >= 4 is 6.21 Å². The van der Waals surface area contributed by atoms with Crippen LogP contribution in [-0.2, 0) is 11.0 Å². The molecule has 3 aliphatic heterocycles. The molecule has 21 heavy (non-hydrogen) atoms. The van der Waals surface area contributed by atoms with Gasteiger partial charge in [0.25, 0.3) is 0 Å². The first kappa shape index (κ1) is 14.4. The molecule has 0 radical (unpaired) electrons. The Morgan fingerprint density at radius 2 is 2.00 bits per heavy atom. The summed E-state index contributed by atoms with van der Waals surface area (Å²) in [6.45, 7) is 3.09. The van der Waals surface area contributed by atoms with Gasteiger partial charge in [-0.3, -0.25) is 4.90 Å². The molecule has 3 fully saturated rings. The van der Waals surface area contributed by atoms with Gasteiger partial charge in [0, 0.05) is 12.5 Å². The minimum atomic E-state index is -4.33. The molecule has 3 aliphatic rings. The average Bonchev–Trinajstić information content (AvgIpc) is 2.48. The van der Waals surface area contributed by atoms with Crippen molar-refractivity contribution in [2.24, 2.45) is 11.1 Å². The number of nitrogens with zero attached hydrogens (tertiary/aromatic N) is 2. The smallest absolute Gasteiger partial charge is 0.391 e. The van der Waals surface area contributed by atoms with Crippen molar-refractivity contribution in [1.29, 1.82) is 0 Å². The van der Waals surface area contributed by atoms with Crippen LogP contribution in [0.25, 0.3) is 0 Å². The second-order valence-electron chi connectivity index (χ2n) is 5.64. The molecule has 0 amide bonds. The molecule has 3 heterocycles. The molecule has 3 nitrogen and oxygen atoms in total. The van der Waals surface area contributed by atoms with Crippen LogP contribution >= 0.6 is 0 Å². The molecule has 0 spiro atoms. The summed E-state index contributed by atoms with van der Waals surface area (Å²) >= 11 is 0. The Morgan fingerprint density at radius 3 is 2.62 bits per heavy atom. The van der Waals surface area contributed by atoms with Crippen molar-refractivity contribution < 1.29 is 18.0 Å². The van der Waals surface area contributed by atoms with E-state index < -0.39 is 11.7 Å². The maximum absolute atomic E-state index is 12.6. The van der Waals surface area contributed by atoms with Gasteiger partial charge in [-0.05, 0) is 43.6 Å². The zero-order valence-electron chi connectivity index (χ0n) is 11.5. The van der Waals surface area contributed by atoms with Crippen LogP contribution in [0.1, 0.15) is 24.0 Å². The van der Waals surface area contributed by atoms with E-state index in [0.717, 1.165) is 44.6 Å². The normalized spacial score (nSPS) is 29.0. The lowest BCUT2D eigenvalue weighted by atomic mass is 9.86. The van der Waals surface area contributed by atoms with Gasteiger partial charge in [-0.2, -0.15) is 13.2 Å². The van der Waals surface area contributed by atoms with Crippen molar-refractivity contribution in [1.82, 2.24) is 4.90 Å². The van der Waals surface area contributed by atoms with Gasteiger partial charge in [-0.15, -0.1) is 0 Å². The van der Waals surface area contributed by atoms with E-state index in [1.807, 2.05) is 0 Å². The number of oxime groups is 1. The Kier molecular flexibility index (Phi) is 3.89. The molecule has 0 N–H and O–H groups in total. The zero-order chi connectivity index (χ0) is 14.9. The number of hydrogen-bond donors (Lipinski definition) is 0. The van der Waals surface area contributed by atoms with Crippen molar-refractivity contribution in [3.63, 3.8) is 0 Å². The van der Waals surface area contributed by atoms with Gasteiger partial charge in [-0.25, -0.2) is 0 Å². The molecular weight excluding hydrogens is 281 g/mol. The minimum absolute atomic E-state index is 0.0644. The molecule has 1 aromatic carbocycles. The number of piperidine rings is 3. The van der Waals surface area contributed by atoms with Gasteiger partial charge in [0.05, 0.1) is 11.8 Å². The van der Waals surface area contributed by atoms with E-state index in [1.54, 1.807) is 6.07 Å². The lowest BCUT2D eigenvalue weighted by Crippen LogP contribution is -2.50. The fraction of sp³-hybridized carbons (Fsp3) is 0.533. The van der Waals surface area contributed by atoms with Crippen LogP contribution in [0.15, 0.2) is 29.4 Å². The molecule has 0 aliphatic carbocycles. The summed E-state index contributed by atoms with van der Waals surface area (Å²) in [5.41, 5.74) is -0.277. The van der Waals surface area contributed by atoms with Crippen LogP contribution in [0.5, 0.6) is 0 Å². The predicted molar refractivity (Wildman–Crippen MR) is 73.1 cm³/mol. The van der Waals surface area contributed by atoms with E-state index in [9.17, 15) is 13.2 Å². The molecule has 4 rings (SSSR count). The topological polar surface area (TPSA) is 24.8 Å². The highest BCUT2D eigenvalue weighted by atomic mass is 19.4. The maximum atomic E-state index is 12.6. The Hall–Kier alpha value is -1.56. The van der Waals surface area contributed by atoms with Gasteiger partial charge >= 0.3 is 6.18 Å². The lowest BCUT2D eigenvalue weighted by Gasteiger charge is -2.42. The predicted octanol–water partition coefficient (Wildman–Crippen LogP) is 3.15. The molecule has 0 saturated carbocycles. The van der Waals surface area contributed by atoms with Gasteiger partial charge in [0.15, 0.2) is 0 Å². The van der Waals surface area contributed by atoms with Crippen LogP contribution in [0.3, 0.4) is 0 Å². The summed E-state index contributed by atoms with van der Waals surface area (Å²) in [7, 11) is 0. The van der Waals surface area contributed by atoms with E-state index in [1.165, 1.54) is 12.3 Å². The summed E-state index contributed by atoms with van der Waals surface area (Å²) in [6.07, 6.45) is -0.685. The third-order valence-corrected chi connectivity index (χ3v) is 4.21. The standard InChI is InChI=1S/C15H17F3N2O/c16-15(17,18)13-3-1-2-11(8-13)9-19-21-14-10-20-6-4-12(14)5-7-20/h1-3,8-9,12,14H,4-7,10H2/b19-9+. The first-order valence-electron chi connectivity index (χ1n) is 7.11. The van der Waals surface area contributed by atoms with Gasteiger partial charge in [0.2, 0.25) is 0 Å². The van der Waals surface area contributed by atoms with Crippen molar-refractivity contribution in [3.05, 3.63) is 35.4 Å². The van der Waals surface area contributed by atoms with Crippen LogP contribution in [0, 0.1) is 5.92 Å². The quantitative estimate of drug-likeness (QED) is 0.632. The van der Waals surface area contributed by atoms with Gasteiger partial charge in [0.1, 0.15) is 6.10 Å². The van der Waals surface area contributed by atoms with Crippen molar-refractivity contribution in [2.45, 2.75) is 25.1 Å². The number of hydrogen-bond acceptors (Lipinski definition) is 3. The summed E-state index contributed by atoms with van der Waals surface area (Å²) in [6, 6.07) is 5.08. The highest BCUT2D eigenvalue weighted by Gasteiger charge is 2.35. The monoisotopic (exact) mass is 298 g/mol. The SMILES string of the molecule is FC(F)(F)c1cccc(/C=N/OC2CN3CCC2CC3)c1. The maximum Gasteiger partial charge on any atom is 0.416 e. The van der Waals surface area contributed by atoms with E-state index in [0.29, 0.717) is 11.5 Å². The second-order valence-corrected chi connectivity index (χ2v) is 5.64. The second kappa shape index (κ2) is 5.67. The number of alkyl halides is 3. The van der Waals surface area contributed by atoms with Crippen LogP contribution in [0.2, 0.25) is 0 Å². The summed E-state index contributed by atoms with van der Waals surface area (Å²) in [4.78, 5) is 7.83. The van der Waals surface area contributed by atoms with Crippen molar-refractivity contribution in [3.8, 4) is 0 Å². The van der Waals surface area contributed by atoms with Gasteiger partial charge in [-0.1, -0.05) is 17.3 Å². The molecule has 114 valence electrons. The molecule has 2 bridgehead atoms.